The fourth-order valence-corrected chi connectivity index (χ4v) is 2.80. The Morgan fingerprint density at radius 1 is 1.50 bits per heavy atom. The van der Waals surface area contributed by atoms with Crippen LogP contribution in [0, 0.1) is 5.92 Å². The standard InChI is InChI=1S/C16H24N2O2/c1-10(2)16(20)18-11(3)8-13-9-12(4-5-14(13)18)15(19)6-7-17/h4-5,9-11,15,19H,6-8,17H2,1-3H3. The van der Waals surface area contributed by atoms with Crippen LogP contribution in [0.2, 0.25) is 0 Å². The summed E-state index contributed by atoms with van der Waals surface area (Å²) >= 11 is 0. The van der Waals surface area contributed by atoms with Crippen molar-refractivity contribution in [3.63, 3.8) is 0 Å². The Balaban J connectivity index is 2.30. The number of fused-ring (bicyclic) bond motifs is 1. The molecule has 2 atom stereocenters. The molecule has 2 unspecified atom stereocenters. The largest absolute Gasteiger partial charge is 0.388 e. The molecule has 3 N–H and O–H groups in total. The maximum absolute atomic E-state index is 12.3. The lowest BCUT2D eigenvalue weighted by molar-refractivity contribution is -0.121. The Morgan fingerprint density at radius 2 is 2.20 bits per heavy atom. The van der Waals surface area contributed by atoms with E-state index in [1.807, 2.05) is 36.9 Å². The van der Waals surface area contributed by atoms with Gasteiger partial charge in [0.2, 0.25) is 5.91 Å². The van der Waals surface area contributed by atoms with Crippen molar-refractivity contribution in [3.05, 3.63) is 29.3 Å². The van der Waals surface area contributed by atoms with Crippen molar-refractivity contribution in [2.45, 2.75) is 45.8 Å². The van der Waals surface area contributed by atoms with Gasteiger partial charge in [0.25, 0.3) is 0 Å². The maximum atomic E-state index is 12.3. The molecule has 1 amide bonds. The van der Waals surface area contributed by atoms with E-state index in [2.05, 4.69) is 6.92 Å². The zero-order chi connectivity index (χ0) is 14.9. The number of aliphatic hydroxyl groups is 1. The lowest BCUT2D eigenvalue weighted by Gasteiger charge is -2.24. The van der Waals surface area contributed by atoms with Crippen LogP contribution in [-0.2, 0) is 11.2 Å². The number of hydrogen-bond donors (Lipinski definition) is 2. The first-order valence-electron chi connectivity index (χ1n) is 7.29. The number of benzene rings is 1. The van der Waals surface area contributed by atoms with E-state index in [1.165, 1.54) is 0 Å². The third kappa shape index (κ3) is 2.72. The SMILES string of the molecule is CC(C)C(=O)N1c2ccc(C(O)CCN)cc2CC1C. The highest BCUT2D eigenvalue weighted by Gasteiger charge is 2.32. The van der Waals surface area contributed by atoms with E-state index < -0.39 is 6.10 Å². The molecule has 4 nitrogen and oxygen atoms in total. The van der Waals surface area contributed by atoms with Crippen LogP contribution in [0.15, 0.2) is 18.2 Å². The van der Waals surface area contributed by atoms with E-state index in [1.54, 1.807) is 0 Å². The van der Waals surface area contributed by atoms with Crippen LogP contribution in [-0.4, -0.2) is 23.6 Å². The second-order valence-corrected chi connectivity index (χ2v) is 5.90. The lowest BCUT2D eigenvalue weighted by Crippen LogP contribution is -2.38. The summed E-state index contributed by atoms with van der Waals surface area (Å²) in [5, 5.41) is 10.0. The average Bonchev–Trinajstić information content (AvgIpc) is 2.72. The minimum Gasteiger partial charge on any atom is -0.388 e. The van der Waals surface area contributed by atoms with Crippen molar-refractivity contribution in [2.75, 3.05) is 11.4 Å². The molecule has 0 saturated heterocycles. The number of amides is 1. The Labute approximate surface area is 120 Å². The predicted molar refractivity (Wildman–Crippen MR) is 80.6 cm³/mol. The first-order chi connectivity index (χ1) is 9.45. The zero-order valence-corrected chi connectivity index (χ0v) is 12.5. The second-order valence-electron chi connectivity index (χ2n) is 5.90. The third-order valence-corrected chi connectivity index (χ3v) is 3.88. The number of rotatable bonds is 4. The number of aliphatic hydroxyl groups excluding tert-OH is 1. The number of hydrogen-bond acceptors (Lipinski definition) is 3. The average molecular weight is 276 g/mol. The minimum atomic E-state index is -0.518. The molecule has 0 aliphatic carbocycles. The van der Waals surface area contributed by atoms with Gasteiger partial charge in [-0.2, -0.15) is 0 Å². The molecule has 4 heteroatoms. The van der Waals surface area contributed by atoms with Gasteiger partial charge in [-0.1, -0.05) is 26.0 Å². The lowest BCUT2D eigenvalue weighted by atomic mass is 10.0. The van der Waals surface area contributed by atoms with Gasteiger partial charge in [-0.3, -0.25) is 4.79 Å². The molecule has 0 aromatic heterocycles. The van der Waals surface area contributed by atoms with Crippen molar-refractivity contribution in [1.82, 2.24) is 0 Å². The fraction of sp³-hybridized carbons (Fsp3) is 0.562. The first-order valence-corrected chi connectivity index (χ1v) is 7.29. The molecule has 0 spiro atoms. The van der Waals surface area contributed by atoms with Gasteiger partial charge in [0, 0.05) is 17.6 Å². The summed E-state index contributed by atoms with van der Waals surface area (Å²) in [7, 11) is 0. The van der Waals surface area contributed by atoms with Crippen molar-refractivity contribution in [2.24, 2.45) is 11.7 Å². The molecule has 1 aromatic rings. The number of nitrogens with two attached hydrogens (primary N) is 1. The summed E-state index contributed by atoms with van der Waals surface area (Å²) in [6, 6.07) is 6.05. The maximum Gasteiger partial charge on any atom is 0.229 e. The molecule has 1 heterocycles. The van der Waals surface area contributed by atoms with Gasteiger partial charge in [0.1, 0.15) is 0 Å². The Kier molecular flexibility index (Phi) is 4.45. The smallest absolute Gasteiger partial charge is 0.229 e. The van der Waals surface area contributed by atoms with Gasteiger partial charge < -0.3 is 15.7 Å². The molecular weight excluding hydrogens is 252 g/mol. The summed E-state index contributed by atoms with van der Waals surface area (Å²) in [6.45, 7) is 6.38. The van der Waals surface area contributed by atoms with Crippen LogP contribution in [0.4, 0.5) is 5.69 Å². The summed E-state index contributed by atoms with van der Waals surface area (Å²) in [5.74, 6) is 0.150. The summed E-state index contributed by atoms with van der Waals surface area (Å²) in [6.07, 6.45) is 0.885. The normalized spacial score (nSPS) is 19.3. The van der Waals surface area contributed by atoms with Gasteiger partial charge in [0.05, 0.1) is 6.10 Å². The molecule has 1 aliphatic rings. The van der Waals surface area contributed by atoms with Gasteiger partial charge in [-0.25, -0.2) is 0 Å². The van der Waals surface area contributed by atoms with E-state index in [-0.39, 0.29) is 17.9 Å². The monoisotopic (exact) mass is 276 g/mol. The van der Waals surface area contributed by atoms with Gasteiger partial charge in [-0.05, 0) is 43.5 Å². The molecule has 0 fully saturated rings. The third-order valence-electron chi connectivity index (χ3n) is 3.88. The number of carbonyl (C=O) groups is 1. The molecule has 2 rings (SSSR count). The molecule has 0 bridgehead atoms. The molecule has 1 aromatic carbocycles. The van der Waals surface area contributed by atoms with E-state index in [0.29, 0.717) is 13.0 Å². The highest BCUT2D eigenvalue weighted by molar-refractivity contribution is 5.97. The van der Waals surface area contributed by atoms with Crippen LogP contribution >= 0.6 is 0 Å². The fourth-order valence-electron chi connectivity index (χ4n) is 2.80. The van der Waals surface area contributed by atoms with Gasteiger partial charge in [-0.15, -0.1) is 0 Å². The van der Waals surface area contributed by atoms with Crippen LogP contribution in [0.5, 0.6) is 0 Å². The van der Waals surface area contributed by atoms with Crippen LogP contribution in [0.25, 0.3) is 0 Å². The molecule has 110 valence electrons. The van der Waals surface area contributed by atoms with Crippen LogP contribution < -0.4 is 10.6 Å². The molecule has 0 radical (unpaired) electrons. The number of carbonyl (C=O) groups excluding carboxylic acids is 1. The Bertz CT molecular complexity index is 499. The summed E-state index contributed by atoms with van der Waals surface area (Å²) in [4.78, 5) is 14.2. The van der Waals surface area contributed by atoms with E-state index in [0.717, 1.165) is 23.2 Å². The topological polar surface area (TPSA) is 66.6 Å². The summed E-state index contributed by atoms with van der Waals surface area (Å²) in [5.41, 5.74) is 8.50. The first kappa shape index (κ1) is 15.0. The summed E-state index contributed by atoms with van der Waals surface area (Å²) < 4.78 is 0. The highest BCUT2D eigenvalue weighted by atomic mass is 16.3. The van der Waals surface area contributed by atoms with Crippen molar-refractivity contribution < 1.29 is 9.90 Å². The van der Waals surface area contributed by atoms with Crippen molar-refractivity contribution in [1.29, 1.82) is 0 Å². The molecular formula is C16H24N2O2. The molecule has 20 heavy (non-hydrogen) atoms. The predicted octanol–water partition coefficient (Wildman–Crippen LogP) is 2.00. The van der Waals surface area contributed by atoms with E-state index in [9.17, 15) is 9.90 Å². The van der Waals surface area contributed by atoms with Gasteiger partial charge >= 0.3 is 0 Å². The highest BCUT2D eigenvalue weighted by Crippen LogP contribution is 2.35. The number of anilines is 1. The number of nitrogens with zero attached hydrogens (tertiary/aromatic N) is 1. The van der Waals surface area contributed by atoms with E-state index in [4.69, 9.17) is 5.73 Å². The molecule has 0 saturated carbocycles. The molecule has 1 aliphatic heterocycles. The van der Waals surface area contributed by atoms with Gasteiger partial charge in [0.15, 0.2) is 0 Å². The Hall–Kier alpha value is -1.39. The Morgan fingerprint density at radius 3 is 2.80 bits per heavy atom. The van der Waals surface area contributed by atoms with Crippen molar-refractivity contribution in [3.8, 4) is 0 Å². The van der Waals surface area contributed by atoms with E-state index >= 15 is 0 Å². The quantitative estimate of drug-likeness (QED) is 0.884. The zero-order valence-electron chi connectivity index (χ0n) is 12.5. The van der Waals surface area contributed by atoms with Crippen molar-refractivity contribution >= 4 is 11.6 Å². The second kappa shape index (κ2) is 5.94. The van der Waals surface area contributed by atoms with Crippen LogP contribution in [0.1, 0.15) is 44.4 Å². The minimum absolute atomic E-state index is 0.00842. The van der Waals surface area contributed by atoms with Crippen LogP contribution in [0.3, 0.4) is 0 Å².